The van der Waals surface area contributed by atoms with Crippen LogP contribution in [0.2, 0.25) is 0 Å². The van der Waals surface area contributed by atoms with Gasteiger partial charge in [-0.05, 0) is 25.5 Å². The molecule has 166 valence electrons. The summed E-state index contributed by atoms with van der Waals surface area (Å²) in [6.07, 6.45) is -0.513. The van der Waals surface area contributed by atoms with Crippen LogP contribution in [-0.4, -0.2) is 41.1 Å². The average molecular weight is 443 g/mol. The van der Waals surface area contributed by atoms with Gasteiger partial charge in [-0.15, -0.1) is 15.3 Å². The molecule has 0 amide bonds. The van der Waals surface area contributed by atoms with Crippen LogP contribution in [0.15, 0.2) is 24.5 Å². The molecule has 0 spiro atoms. The van der Waals surface area contributed by atoms with Gasteiger partial charge in [0, 0.05) is 49.4 Å². The quantitative estimate of drug-likeness (QED) is 0.520. The summed E-state index contributed by atoms with van der Waals surface area (Å²) in [4.78, 5) is 6.54. The summed E-state index contributed by atoms with van der Waals surface area (Å²) < 4.78 is 42.7. The van der Waals surface area contributed by atoms with Crippen LogP contribution in [0.3, 0.4) is 0 Å². The molecule has 0 radical (unpaired) electrons. The molecule has 0 aromatic carbocycles. The molecular formula is C20H20F3N9. The number of alkyl halides is 3. The van der Waals surface area contributed by atoms with Crippen molar-refractivity contribution in [2.24, 2.45) is 7.05 Å². The molecule has 1 N–H and O–H groups in total. The van der Waals surface area contributed by atoms with Crippen molar-refractivity contribution in [3.8, 4) is 0 Å². The first-order valence-corrected chi connectivity index (χ1v) is 10.00. The van der Waals surface area contributed by atoms with Gasteiger partial charge in [-0.3, -0.25) is 9.67 Å². The van der Waals surface area contributed by atoms with E-state index in [4.69, 9.17) is 0 Å². The van der Waals surface area contributed by atoms with Crippen LogP contribution in [0.4, 0.5) is 30.5 Å². The van der Waals surface area contributed by atoms with Crippen LogP contribution in [-0.2, 0) is 26.2 Å². The van der Waals surface area contributed by atoms with Gasteiger partial charge in [0.25, 0.3) is 5.82 Å². The van der Waals surface area contributed by atoms with Crippen LogP contribution < -0.4 is 10.2 Å². The molecule has 12 heteroatoms. The molecule has 32 heavy (non-hydrogen) atoms. The molecule has 0 saturated heterocycles. The zero-order valence-electron chi connectivity index (χ0n) is 17.6. The number of hydrogen-bond donors (Lipinski definition) is 1. The molecule has 5 rings (SSSR count). The van der Waals surface area contributed by atoms with Crippen molar-refractivity contribution in [1.82, 2.24) is 34.6 Å². The fraction of sp³-hybridized carbons (Fsp3) is 0.350. The van der Waals surface area contributed by atoms with Gasteiger partial charge in [0.05, 0.1) is 18.1 Å². The number of anilines is 3. The summed E-state index contributed by atoms with van der Waals surface area (Å²) in [6, 6.07) is 3.86. The maximum Gasteiger partial charge on any atom is 0.453 e. The van der Waals surface area contributed by atoms with E-state index < -0.39 is 12.0 Å². The lowest BCUT2D eigenvalue weighted by Crippen LogP contribution is -2.33. The molecule has 5 heterocycles. The predicted molar refractivity (Wildman–Crippen MR) is 111 cm³/mol. The minimum absolute atomic E-state index is 0.111. The minimum Gasteiger partial charge on any atom is -0.350 e. The molecule has 4 aromatic heterocycles. The van der Waals surface area contributed by atoms with Crippen molar-refractivity contribution in [2.75, 3.05) is 16.8 Å². The van der Waals surface area contributed by atoms with E-state index in [1.54, 1.807) is 24.0 Å². The Morgan fingerprint density at radius 1 is 1.12 bits per heavy atom. The maximum atomic E-state index is 13.4. The number of aromatic nitrogens is 7. The highest BCUT2D eigenvalue weighted by Gasteiger charge is 2.38. The second-order valence-electron chi connectivity index (χ2n) is 7.80. The third-order valence-electron chi connectivity index (χ3n) is 5.75. The fourth-order valence-electron chi connectivity index (χ4n) is 3.91. The molecule has 0 saturated carbocycles. The summed E-state index contributed by atoms with van der Waals surface area (Å²) in [5, 5.41) is 18.8. The van der Waals surface area contributed by atoms with Gasteiger partial charge in [0.1, 0.15) is 5.82 Å². The predicted octanol–water partition coefficient (Wildman–Crippen LogP) is 3.19. The van der Waals surface area contributed by atoms with Gasteiger partial charge >= 0.3 is 6.18 Å². The van der Waals surface area contributed by atoms with E-state index >= 15 is 0 Å². The Kier molecular flexibility index (Phi) is 4.53. The number of aryl methyl sites for hydroxylation is 2. The Morgan fingerprint density at radius 2 is 1.94 bits per heavy atom. The molecule has 1 aliphatic heterocycles. The standard InChI is InChI=1S/C20H20F3N9/c1-11-12(2)18(29-32-17(11)27-28-19(32)20(21,22)23)31-7-5-15-13(10-31)8-14(9-24-15)26-16-4-6-25-30(16)3/h4,6,8-9,26H,5,7,10H2,1-3H3. The van der Waals surface area contributed by atoms with Crippen LogP contribution in [0, 0.1) is 13.8 Å². The number of nitrogens with one attached hydrogen (secondary N) is 1. The molecule has 0 atom stereocenters. The Bertz CT molecular complexity index is 1320. The van der Waals surface area contributed by atoms with Gasteiger partial charge in [-0.2, -0.15) is 22.8 Å². The first-order chi connectivity index (χ1) is 15.2. The van der Waals surface area contributed by atoms with E-state index in [2.05, 4.69) is 30.7 Å². The van der Waals surface area contributed by atoms with Crippen molar-refractivity contribution in [3.05, 3.63) is 52.7 Å². The third-order valence-corrected chi connectivity index (χ3v) is 5.75. The van der Waals surface area contributed by atoms with Crippen LogP contribution in [0.5, 0.6) is 0 Å². The smallest absolute Gasteiger partial charge is 0.350 e. The average Bonchev–Trinajstić information content (AvgIpc) is 3.36. The Hall–Kier alpha value is -3.70. The number of pyridine rings is 1. The van der Waals surface area contributed by atoms with Crippen LogP contribution in [0.1, 0.15) is 28.2 Å². The van der Waals surface area contributed by atoms with Gasteiger partial charge < -0.3 is 10.2 Å². The zero-order chi connectivity index (χ0) is 22.6. The molecule has 0 fully saturated rings. The second kappa shape index (κ2) is 7.18. The largest absolute Gasteiger partial charge is 0.453 e. The van der Waals surface area contributed by atoms with E-state index in [-0.39, 0.29) is 5.65 Å². The normalized spacial score (nSPS) is 14.1. The van der Waals surface area contributed by atoms with E-state index in [0.29, 0.717) is 30.9 Å². The minimum atomic E-state index is -4.64. The molecule has 9 nitrogen and oxygen atoms in total. The van der Waals surface area contributed by atoms with Crippen molar-refractivity contribution in [2.45, 2.75) is 33.0 Å². The SMILES string of the molecule is Cc1c(N2CCc3ncc(Nc4ccnn4C)cc3C2)nn2c(C(F)(F)F)nnc2c1C. The number of rotatable bonds is 3. The summed E-state index contributed by atoms with van der Waals surface area (Å²) in [7, 11) is 1.84. The summed E-state index contributed by atoms with van der Waals surface area (Å²) in [5.74, 6) is 0.180. The Balaban J connectivity index is 1.50. The number of fused-ring (bicyclic) bond motifs is 2. The Labute approximate surface area is 180 Å². The van der Waals surface area contributed by atoms with Crippen LogP contribution >= 0.6 is 0 Å². The number of hydrogen-bond acceptors (Lipinski definition) is 7. The second-order valence-corrected chi connectivity index (χ2v) is 7.80. The fourth-order valence-corrected chi connectivity index (χ4v) is 3.91. The highest BCUT2D eigenvalue weighted by Crippen LogP contribution is 2.32. The zero-order valence-corrected chi connectivity index (χ0v) is 17.6. The molecule has 0 unspecified atom stereocenters. The topological polar surface area (TPSA) is 89.1 Å². The Morgan fingerprint density at radius 3 is 2.66 bits per heavy atom. The molecule has 4 aromatic rings. The molecule has 1 aliphatic rings. The molecule has 0 bridgehead atoms. The van der Waals surface area contributed by atoms with E-state index in [9.17, 15) is 13.2 Å². The monoisotopic (exact) mass is 443 g/mol. The van der Waals surface area contributed by atoms with Gasteiger partial charge in [0.2, 0.25) is 0 Å². The van der Waals surface area contributed by atoms with Gasteiger partial charge in [-0.25, -0.2) is 0 Å². The lowest BCUT2D eigenvalue weighted by atomic mass is 10.0. The van der Waals surface area contributed by atoms with Crippen molar-refractivity contribution >= 4 is 23.0 Å². The maximum absolute atomic E-state index is 13.4. The lowest BCUT2D eigenvalue weighted by molar-refractivity contribution is -0.146. The highest BCUT2D eigenvalue weighted by molar-refractivity contribution is 5.61. The highest BCUT2D eigenvalue weighted by atomic mass is 19.4. The molecular weight excluding hydrogens is 423 g/mol. The third kappa shape index (κ3) is 3.31. The first kappa shape index (κ1) is 20.2. The summed E-state index contributed by atoms with van der Waals surface area (Å²) in [5.41, 5.74) is 4.27. The van der Waals surface area contributed by atoms with Crippen LogP contribution in [0.25, 0.3) is 5.65 Å². The van der Waals surface area contributed by atoms with Crippen molar-refractivity contribution < 1.29 is 13.2 Å². The van der Waals surface area contributed by atoms with E-state index in [1.807, 2.05) is 31.0 Å². The lowest BCUT2D eigenvalue weighted by Gasteiger charge is -2.31. The molecule has 0 aliphatic carbocycles. The first-order valence-electron chi connectivity index (χ1n) is 10.00. The number of halogens is 3. The summed E-state index contributed by atoms with van der Waals surface area (Å²) >= 11 is 0. The van der Waals surface area contributed by atoms with E-state index in [0.717, 1.165) is 32.8 Å². The summed E-state index contributed by atoms with van der Waals surface area (Å²) in [6.45, 7) is 4.65. The van der Waals surface area contributed by atoms with Crippen molar-refractivity contribution in [1.29, 1.82) is 0 Å². The van der Waals surface area contributed by atoms with E-state index in [1.165, 1.54) is 0 Å². The van der Waals surface area contributed by atoms with Crippen molar-refractivity contribution in [3.63, 3.8) is 0 Å². The van der Waals surface area contributed by atoms with Gasteiger partial charge in [0.15, 0.2) is 11.5 Å². The number of nitrogens with zero attached hydrogens (tertiary/aromatic N) is 8. The van der Waals surface area contributed by atoms with Gasteiger partial charge in [-0.1, -0.05) is 0 Å².